The molecule has 0 amide bonds. The van der Waals surface area contributed by atoms with Crippen molar-refractivity contribution in [1.29, 1.82) is 0 Å². The summed E-state index contributed by atoms with van der Waals surface area (Å²) in [4.78, 5) is 12.3. The highest BCUT2D eigenvalue weighted by Gasteiger charge is 2.49. The molecular formula is C23H24BrClF4N4O2. The summed E-state index contributed by atoms with van der Waals surface area (Å²) in [5.74, 6) is -0.265. The number of hydrogen-bond donors (Lipinski definition) is 0. The van der Waals surface area contributed by atoms with Crippen LogP contribution >= 0.6 is 27.5 Å². The molecule has 4 heterocycles. The maximum absolute atomic E-state index is 15.4. The molecule has 0 spiro atoms. The van der Waals surface area contributed by atoms with Crippen molar-refractivity contribution in [3.63, 3.8) is 0 Å². The molecule has 1 unspecified atom stereocenters. The zero-order valence-electron chi connectivity index (χ0n) is 18.8. The van der Waals surface area contributed by atoms with Crippen LogP contribution in [0.1, 0.15) is 32.1 Å². The summed E-state index contributed by atoms with van der Waals surface area (Å²) in [7, 11) is 0. The van der Waals surface area contributed by atoms with E-state index in [2.05, 4.69) is 30.8 Å². The molecule has 1 aliphatic carbocycles. The zero-order chi connectivity index (χ0) is 24.5. The van der Waals surface area contributed by atoms with Crippen molar-refractivity contribution in [2.75, 3.05) is 37.7 Å². The Kier molecular flexibility index (Phi) is 5.95. The van der Waals surface area contributed by atoms with Crippen LogP contribution in [0.15, 0.2) is 4.47 Å². The fourth-order valence-corrected chi connectivity index (χ4v) is 6.38. The second-order valence-corrected chi connectivity index (χ2v) is 11.1. The zero-order valence-corrected chi connectivity index (χ0v) is 21.1. The largest absolute Gasteiger partial charge is 0.486 e. The highest BCUT2D eigenvalue weighted by Crippen LogP contribution is 2.49. The number of rotatable bonds is 6. The van der Waals surface area contributed by atoms with Gasteiger partial charge in [-0.1, -0.05) is 11.6 Å². The van der Waals surface area contributed by atoms with Crippen LogP contribution in [0.4, 0.5) is 23.4 Å². The van der Waals surface area contributed by atoms with Crippen molar-refractivity contribution in [1.82, 2.24) is 14.9 Å². The van der Waals surface area contributed by atoms with Crippen LogP contribution < -0.4 is 14.4 Å². The Morgan fingerprint density at radius 3 is 2.80 bits per heavy atom. The molecule has 3 fully saturated rings. The number of anilines is 1. The summed E-state index contributed by atoms with van der Waals surface area (Å²) in [6, 6.07) is -0.140. The first-order valence-corrected chi connectivity index (χ1v) is 13.0. The van der Waals surface area contributed by atoms with E-state index in [4.69, 9.17) is 21.1 Å². The number of benzene rings is 1. The molecule has 1 aromatic heterocycles. The third-order valence-corrected chi connectivity index (χ3v) is 8.93. The van der Waals surface area contributed by atoms with Crippen molar-refractivity contribution < 1.29 is 27.0 Å². The van der Waals surface area contributed by atoms with Gasteiger partial charge in [-0.3, -0.25) is 4.90 Å². The number of aromatic nitrogens is 2. The van der Waals surface area contributed by atoms with E-state index >= 15 is 4.39 Å². The van der Waals surface area contributed by atoms with Gasteiger partial charge >= 0.3 is 6.01 Å². The molecule has 1 aromatic carbocycles. The monoisotopic (exact) mass is 578 g/mol. The van der Waals surface area contributed by atoms with Gasteiger partial charge in [0.15, 0.2) is 11.6 Å². The molecule has 0 N–H and O–H groups in total. The summed E-state index contributed by atoms with van der Waals surface area (Å²) in [6.07, 6.45) is -0.0720. The highest BCUT2D eigenvalue weighted by molar-refractivity contribution is 9.10. The minimum absolute atomic E-state index is 0.0125. The van der Waals surface area contributed by atoms with Crippen LogP contribution in [-0.4, -0.2) is 71.9 Å². The third kappa shape index (κ3) is 4.11. The van der Waals surface area contributed by atoms with E-state index < -0.39 is 36.6 Å². The second-order valence-electron chi connectivity index (χ2n) is 9.98. The van der Waals surface area contributed by atoms with Gasteiger partial charge in [0.25, 0.3) is 6.43 Å². The molecule has 4 aliphatic rings. The smallest absolute Gasteiger partial charge is 0.319 e. The van der Waals surface area contributed by atoms with Gasteiger partial charge in [0.2, 0.25) is 0 Å². The van der Waals surface area contributed by atoms with E-state index in [1.165, 1.54) is 4.90 Å². The van der Waals surface area contributed by atoms with Gasteiger partial charge in [-0.05, 0) is 54.1 Å². The molecular weight excluding hydrogens is 556 g/mol. The van der Waals surface area contributed by atoms with Gasteiger partial charge < -0.3 is 14.4 Å². The fourth-order valence-electron chi connectivity index (χ4n) is 5.79. The predicted molar refractivity (Wildman–Crippen MR) is 126 cm³/mol. The van der Waals surface area contributed by atoms with Crippen LogP contribution in [0.25, 0.3) is 10.9 Å². The van der Waals surface area contributed by atoms with E-state index in [0.717, 1.165) is 32.2 Å². The standard InChI is InChI=1S/C23H24BrClF4N4O2/c24-16-17(25)20-15-19(18(16)29)30-22(34-10-23-4-1-5-33(23)7-12(26)6-23)31-21(15)32(9-14(27)28)8-13(35-20)11-2-3-11/h11-14H,1-10H2/t12-,13?,23+/m1/s1. The van der Waals surface area contributed by atoms with E-state index in [-0.39, 0.29) is 57.0 Å². The molecule has 2 aromatic rings. The summed E-state index contributed by atoms with van der Waals surface area (Å²) in [5.41, 5.74) is -0.582. The average Bonchev–Trinajstić information content (AvgIpc) is 3.54. The number of alkyl halides is 3. The third-order valence-electron chi connectivity index (χ3n) is 7.60. The highest BCUT2D eigenvalue weighted by atomic mass is 79.9. The second kappa shape index (κ2) is 8.76. The molecule has 6 rings (SSSR count). The van der Waals surface area contributed by atoms with Crippen LogP contribution in [0.3, 0.4) is 0 Å². The van der Waals surface area contributed by atoms with Crippen LogP contribution in [0, 0.1) is 11.7 Å². The topological polar surface area (TPSA) is 50.7 Å². The fraction of sp³-hybridized carbons (Fsp3) is 0.652. The Morgan fingerprint density at radius 2 is 2.06 bits per heavy atom. The molecule has 1 saturated carbocycles. The first kappa shape index (κ1) is 23.8. The molecule has 190 valence electrons. The van der Waals surface area contributed by atoms with Gasteiger partial charge in [-0.25, -0.2) is 17.6 Å². The Labute approximate surface area is 213 Å². The van der Waals surface area contributed by atoms with Gasteiger partial charge in [-0.15, -0.1) is 0 Å². The lowest BCUT2D eigenvalue weighted by Crippen LogP contribution is -2.43. The lowest BCUT2D eigenvalue weighted by atomic mass is 9.95. The van der Waals surface area contributed by atoms with Crippen molar-refractivity contribution in [2.24, 2.45) is 5.92 Å². The number of nitrogens with zero attached hydrogens (tertiary/aromatic N) is 4. The summed E-state index contributed by atoms with van der Waals surface area (Å²) in [6.45, 7) is 0.843. The van der Waals surface area contributed by atoms with E-state index in [1.807, 2.05) is 0 Å². The molecule has 6 nitrogen and oxygen atoms in total. The quantitative estimate of drug-likeness (QED) is 0.338. The summed E-state index contributed by atoms with van der Waals surface area (Å²) < 4.78 is 68.9. The maximum Gasteiger partial charge on any atom is 0.319 e. The first-order chi connectivity index (χ1) is 16.8. The lowest BCUT2D eigenvalue weighted by Gasteiger charge is -2.31. The summed E-state index contributed by atoms with van der Waals surface area (Å²) in [5, 5.41) is 0.163. The minimum Gasteiger partial charge on any atom is -0.486 e. The normalized spacial score (nSPS) is 28.5. The van der Waals surface area contributed by atoms with Crippen LogP contribution in [0.5, 0.6) is 11.8 Å². The maximum atomic E-state index is 15.4. The molecule has 0 radical (unpaired) electrons. The molecule has 3 aliphatic heterocycles. The van der Waals surface area contributed by atoms with Crippen LogP contribution in [-0.2, 0) is 0 Å². The summed E-state index contributed by atoms with van der Waals surface area (Å²) >= 11 is 9.64. The molecule has 12 heteroatoms. The van der Waals surface area contributed by atoms with Crippen LogP contribution in [0.2, 0.25) is 5.02 Å². The molecule has 0 bridgehead atoms. The van der Waals surface area contributed by atoms with E-state index in [9.17, 15) is 13.2 Å². The average molecular weight is 580 g/mol. The Morgan fingerprint density at radius 1 is 1.26 bits per heavy atom. The van der Waals surface area contributed by atoms with Crippen molar-refractivity contribution in [3.05, 3.63) is 15.3 Å². The first-order valence-electron chi connectivity index (χ1n) is 11.9. The Bertz CT molecular complexity index is 1170. The van der Waals surface area contributed by atoms with E-state index in [1.54, 1.807) is 0 Å². The van der Waals surface area contributed by atoms with Crippen molar-refractivity contribution in [3.8, 4) is 11.8 Å². The van der Waals surface area contributed by atoms with E-state index in [0.29, 0.717) is 13.0 Å². The van der Waals surface area contributed by atoms with Gasteiger partial charge in [0.05, 0.1) is 28.5 Å². The molecule has 2 saturated heterocycles. The van der Waals surface area contributed by atoms with Gasteiger partial charge in [0.1, 0.15) is 35.2 Å². The number of halogens is 6. The number of hydrogen-bond acceptors (Lipinski definition) is 6. The van der Waals surface area contributed by atoms with Crippen molar-refractivity contribution in [2.45, 2.75) is 56.3 Å². The minimum atomic E-state index is -2.65. The number of fused-ring (bicyclic) bond motifs is 1. The van der Waals surface area contributed by atoms with Gasteiger partial charge in [-0.2, -0.15) is 9.97 Å². The Balaban J connectivity index is 1.44. The lowest BCUT2D eigenvalue weighted by molar-refractivity contribution is 0.107. The van der Waals surface area contributed by atoms with Crippen molar-refractivity contribution >= 4 is 44.3 Å². The molecule has 3 atom stereocenters. The molecule has 35 heavy (non-hydrogen) atoms. The Hall–Kier alpha value is -1.59. The van der Waals surface area contributed by atoms with Gasteiger partial charge in [0, 0.05) is 13.0 Å². The SMILES string of the molecule is Fc1c(Br)c(Cl)c2c3c(nc(OC[C@@]45CCCN4C[C@H](F)C5)nc13)N(CC(F)F)CC(C1CC1)O2. The number of ether oxygens (including phenoxy) is 2. The predicted octanol–water partition coefficient (Wildman–Crippen LogP) is 5.38.